The highest BCUT2D eigenvalue weighted by molar-refractivity contribution is 5.92. The van der Waals surface area contributed by atoms with Crippen LogP contribution in [-0.2, 0) is 24.4 Å². The molecule has 0 radical (unpaired) electrons. The van der Waals surface area contributed by atoms with Crippen LogP contribution in [0.5, 0.6) is 0 Å². The van der Waals surface area contributed by atoms with Gasteiger partial charge in [-0.25, -0.2) is 9.18 Å². The van der Waals surface area contributed by atoms with Gasteiger partial charge in [0.2, 0.25) is 0 Å². The summed E-state index contributed by atoms with van der Waals surface area (Å²) in [4.78, 5) is 28.9. The zero-order chi connectivity index (χ0) is 24.6. The summed E-state index contributed by atoms with van der Waals surface area (Å²) in [5, 5.41) is 10.9. The lowest BCUT2D eigenvalue weighted by Crippen LogP contribution is -2.30. The molecule has 1 unspecified atom stereocenters. The summed E-state index contributed by atoms with van der Waals surface area (Å²) in [6, 6.07) is 13.6. The number of amides is 3. The van der Waals surface area contributed by atoms with Crippen molar-refractivity contribution in [1.29, 1.82) is 0 Å². The van der Waals surface area contributed by atoms with E-state index in [0.717, 1.165) is 40.9 Å². The number of allylic oxidation sites excluding steroid dienone is 3. The third-order valence-corrected chi connectivity index (χ3v) is 7.12. The molecule has 0 saturated carbocycles. The second kappa shape index (κ2) is 9.28. The van der Waals surface area contributed by atoms with Crippen LogP contribution < -0.4 is 5.32 Å². The third kappa shape index (κ3) is 4.40. The van der Waals surface area contributed by atoms with E-state index in [4.69, 9.17) is 0 Å². The Kier molecular flexibility index (Phi) is 5.81. The Morgan fingerprint density at radius 1 is 1.06 bits per heavy atom. The number of halogens is 1. The molecule has 2 atom stereocenters. The summed E-state index contributed by atoms with van der Waals surface area (Å²) in [5.74, 6) is -0.656. The quantitative estimate of drug-likeness (QED) is 0.647. The highest BCUT2D eigenvalue weighted by atomic mass is 19.1. The highest BCUT2D eigenvalue weighted by Crippen LogP contribution is 2.34. The Balaban J connectivity index is 1.10. The van der Waals surface area contributed by atoms with Crippen molar-refractivity contribution in [1.82, 2.24) is 9.80 Å². The molecule has 2 aromatic carbocycles. The maximum absolute atomic E-state index is 13.5. The van der Waals surface area contributed by atoms with Gasteiger partial charge in [-0.05, 0) is 40.8 Å². The van der Waals surface area contributed by atoms with Crippen LogP contribution in [-0.4, -0.2) is 41.0 Å². The monoisotopic (exact) mass is 483 g/mol. The van der Waals surface area contributed by atoms with Crippen LogP contribution in [0, 0.1) is 5.92 Å². The summed E-state index contributed by atoms with van der Waals surface area (Å²) in [6.07, 6.45) is 7.33. The zero-order valence-corrected chi connectivity index (χ0v) is 19.7. The molecule has 1 saturated heterocycles. The van der Waals surface area contributed by atoms with Crippen molar-refractivity contribution < 1.29 is 14.0 Å². The smallest absolute Gasteiger partial charge is 0.316 e. The van der Waals surface area contributed by atoms with E-state index >= 15 is 0 Å². The van der Waals surface area contributed by atoms with Gasteiger partial charge >= 0.3 is 6.03 Å². The second-order valence-corrected chi connectivity index (χ2v) is 9.65. The number of alkyl halides is 1. The molecule has 0 spiro atoms. The molecule has 6 rings (SSSR count). The lowest BCUT2D eigenvalue weighted by molar-refractivity contribution is -0.119. The van der Waals surface area contributed by atoms with Gasteiger partial charge in [-0.15, -0.1) is 10.2 Å². The standard InChI is InChI=1S/C28H26FN5O2/c29-22-11-12-33(17-22)14-18-5-6-20-15-34(16-21(20)13-18)28(36)30-23-9-7-19(8-10-23)26-24-3-1-2-4-25(24)27(35)32-31-26/h1-10,13,22,25H,11-12,14-17H2,(H,30,36)/t22-,25?/m1/s1. The Morgan fingerprint density at radius 3 is 2.69 bits per heavy atom. The number of carbonyl (C=O) groups is 2. The molecular formula is C28H26FN5O2. The summed E-state index contributed by atoms with van der Waals surface area (Å²) < 4.78 is 13.5. The number of urea groups is 1. The summed E-state index contributed by atoms with van der Waals surface area (Å²) in [7, 11) is 0. The average Bonchev–Trinajstić information content (AvgIpc) is 3.51. The largest absolute Gasteiger partial charge is 0.322 e. The van der Waals surface area contributed by atoms with Gasteiger partial charge in [0.25, 0.3) is 5.91 Å². The zero-order valence-electron chi connectivity index (χ0n) is 19.7. The first-order valence-electron chi connectivity index (χ1n) is 12.2. The molecule has 0 bridgehead atoms. The second-order valence-electron chi connectivity index (χ2n) is 9.65. The molecule has 1 N–H and O–H groups in total. The summed E-state index contributed by atoms with van der Waals surface area (Å²) in [5.41, 5.74) is 6.45. The maximum Gasteiger partial charge on any atom is 0.322 e. The fourth-order valence-corrected chi connectivity index (χ4v) is 5.22. The Bertz CT molecular complexity index is 1340. The molecule has 0 aromatic heterocycles. The van der Waals surface area contributed by atoms with E-state index in [2.05, 4.69) is 38.6 Å². The number of fused-ring (bicyclic) bond motifs is 2. The van der Waals surface area contributed by atoms with Crippen molar-refractivity contribution in [2.24, 2.45) is 16.1 Å². The van der Waals surface area contributed by atoms with Gasteiger partial charge in [-0.2, -0.15) is 0 Å². The van der Waals surface area contributed by atoms with Gasteiger partial charge < -0.3 is 10.2 Å². The van der Waals surface area contributed by atoms with Gasteiger partial charge in [0, 0.05) is 44.0 Å². The molecule has 8 heteroatoms. The SMILES string of the molecule is O=C1N=NC(c2ccc(NC(=O)N3Cc4ccc(CN5CC[C@@H](F)C5)cc4C3)cc2)=C2C=CC=CC12. The van der Waals surface area contributed by atoms with Crippen LogP contribution in [0.15, 0.2) is 82.6 Å². The van der Waals surface area contributed by atoms with E-state index in [-0.39, 0.29) is 11.9 Å². The minimum Gasteiger partial charge on any atom is -0.316 e. The van der Waals surface area contributed by atoms with Crippen LogP contribution in [0.3, 0.4) is 0 Å². The molecule has 36 heavy (non-hydrogen) atoms. The van der Waals surface area contributed by atoms with Crippen LogP contribution in [0.2, 0.25) is 0 Å². The van der Waals surface area contributed by atoms with E-state index in [0.29, 0.717) is 37.4 Å². The first-order valence-corrected chi connectivity index (χ1v) is 12.2. The predicted molar refractivity (Wildman–Crippen MR) is 134 cm³/mol. The minimum absolute atomic E-state index is 0.161. The number of nitrogens with zero attached hydrogens (tertiary/aromatic N) is 4. The van der Waals surface area contributed by atoms with Crippen LogP contribution in [0.25, 0.3) is 5.70 Å². The number of hydrogen-bond donors (Lipinski definition) is 1. The Hall–Kier alpha value is -3.91. The number of azo groups is 1. The van der Waals surface area contributed by atoms with Crippen molar-refractivity contribution in [3.8, 4) is 0 Å². The number of anilines is 1. The number of hydrogen-bond acceptors (Lipinski definition) is 4. The topological polar surface area (TPSA) is 77.4 Å². The molecule has 182 valence electrons. The molecule has 3 heterocycles. The van der Waals surface area contributed by atoms with Crippen molar-refractivity contribution >= 4 is 23.3 Å². The van der Waals surface area contributed by atoms with Crippen molar-refractivity contribution in [2.75, 3.05) is 18.4 Å². The molecule has 4 aliphatic rings. The van der Waals surface area contributed by atoms with E-state index in [1.807, 2.05) is 48.6 Å². The van der Waals surface area contributed by atoms with E-state index in [1.54, 1.807) is 4.90 Å². The van der Waals surface area contributed by atoms with Gasteiger partial charge in [-0.3, -0.25) is 9.69 Å². The average molecular weight is 484 g/mol. The molecule has 2 aromatic rings. The normalized spacial score (nSPS) is 22.8. The lowest BCUT2D eigenvalue weighted by Gasteiger charge is -2.20. The van der Waals surface area contributed by atoms with E-state index in [9.17, 15) is 14.0 Å². The Morgan fingerprint density at radius 2 is 1.89 bits per heavy atom. The van der Waals surface area contributed by atoms with Crippen LogP contribution in [0.1, 0.15) is 28.7 Å². The van der Waals surface area contributed by atoms with Crippen molar-refractivity contribution in [3.63, 3.8) is 0 Å². The number of rotatable bonds is 4. The van der Waals surface area contributed by atoms with Crippen LogP contribution >= 0.6 is 0 Å². The van der Waals surface area contributed by atoms with E-state index < -0.39 is 12.1 Å². The van der Waals surface area contributed by atoms with Gasteiger partial charge in [0.15, 0.2) is 0 Å². The van der Waals surface area contributed by atoms with Gasteiger partial charge in [-0.1, -0.05) is 54.6 Å². The fourth-order valence-electron chi connectivity index (χ4n) is 5.22. The molecule has 3 amide bonds. The van der Waals surface area contributed by atoms with Crippen molar-refractivity contribution in [3.05, 3.63) is 94.6 Å². The fraction of sp³-hybridized carbons (Fsp3) is 0.286. The highest BCUT2D eigenvalue weighted by Gasteiger charge is 2.28. The summed E-state index contributed by atoms with van der Waals surface area (Å²) >= 11 is 0. The first kappa shape index (κ1) is 22.5. The maximum atomic E-state index is 13.5. The molecule has 7 nitrogen and oxygen atoms in total. The van der Waals surface area contributed by atoms with Crippen LogP contribution in [0.4, 0.5) is 14.9 Å². The van der Waals surface area contributed by atoms with E-state index in [1.165, 1.54) is 0 Å². The number of carbonyl (C=O) groups excluding carboxylic acids is 2. The molecule has 1 fully saturated rings. The number of likely N-dealkylation sites (tertiary alicyclic amines) is 1. The predicted octanol–water partition coefficient (Wildman–Crippen LogP) is 5.22. The third-order valence-electron chi connectivity index (χ3n) is 7.12. The molecular weight excluding hydrogens is 457 g/mol. The minimum atomic E-state index is -0.723. The lowest BCUT2D eigenvalue weighted by atomic mass is 9.89. The summed E-state index contributed by atoms with van der Waals surface area (Å²) in [6.45, 7) is 3.13. The van der Waals surface area contributed by atoms with Gasteiger partial charge in [0.05, 0.1) is 11.6 Å². The Labute approximate surface area is 208 Å². The number of nitrogens with one attached hydrogen (secondary N) is 1. The first-order chi connectivity index (χ1) is 17.5. The molecule has 3 aliphatic heterocycles. The molecule has 1 aliphatic carbocycles. The van der Waals surface area contributed by atoms with Crippen molar-refractivity contribution in [2.45, 2.75) is 32.2 Å². The van der Waals surface area contributed by atoms with Gasteiger partial charge in [0.1, 0.15) is 6.17 Å². The number of benzene rings is 2.